The smallest absolute Gasteiger partial charge is 0.233 e. The molecule has 0 unspecified atom stereocenters. The van der Waals surface area contributed by atoms with Crippen molar-refractivity contribution in [2.24, 2.45) is 10.2 Å². The van der Waals surface area contributed by atoms with Gasteiger partial charge in [-0.05, 0) is 62.2 Å². The quantitative estimate of drug-likeness (QED) is 0.312. The van der Waals surface area contributed by atoms with Crippen LogP contribution in [0.4, 0.5) is 28.6 Å². The fourth-order valence-electron chi connectivity index (χ4n) is 3.60. The van der Waals surface area contributed by atoms with E-state index in [9.17, 15) is 0 Å². The number of benzene rings is 3. The molecule has 1 aromatic heterocycles. The molecular formula is C23H19N3O. The molecule has 27 heavy (non-hydrogen) atoms. The molecule has 5 rings (SSSR count). The van der Waals surface area contributed by atoms with Gasteiger partial charge in [0.2, 0.25) is 5.88 Å². The van der Waals surface area contributed by atoms with Gasteiger partial charge in [-0.1, -0.05) is 35.9 Å². The topological polar surface area (TPSA) is 41.1 Å². The molecule has 4 nitrogen and oxygen atoms in total. The van der Waals surface area contributed by atoms with E-state index in [1.807, 2.05) is 18.2 Å². The number of fused-ring (bicyclic) bond motifs is 4. The highest BCUT2D eigenvalue weighted by atomic mass is 16.4. The van der Waals surface area contributed by atoms with Gasteiger partial charge in [0.25, 0.3) is 0 Å². The second-order valence-electron chi connectivity index (χ2n) is 7.07. The maximum absolute atomic E-state index is 6.31. The Hall–Kier alpha value is -3.40. The van der Waals surface area contributed by atoms with Gasteiger partial charge in [-0.3, -0.25) is 4.90 Å². The lowest BCUT2D eigenvalue weighted by atomic mass is 10.1. The monoisotopic (exact) mass is 353 g/mol. The molecule has 3 aromatic carbocycles. The normalized spacial score (nSPS) is 12.8. The zero-order chi connectivity index (χ0) is 18.5. The van der Waals surface area contributed by atoms with Gasteiger partial charge in [0, 0.05) is 0 Å². The lowest BCUT2D eigenvalue weighted by Crippen LogP contribution is -2.10. The highest BCUT2D eigenvalue weighted by Crippen LogP contribution is 2.51. The molecule has 0 spiro atoms. The van der Waals surface area contributed by atoms with Gasteiger partial charge in [-0.15, -0.1) is 10.2 Å². The third-order valence-electron chi connectivity index (χ3n) is 4.99. The van der Waals surface area contributed by atoms with Crippen molar-refractivity contribution in [3.05, 3.63) is 77.4 Å². The number of furan rings is 1. The van der Waals surface area contributed by atoms with Crippen molar-refractivity contribution in [3.8, 4) is 0 Å². The van der Waals surface area contributed by atoms with Crippen LogP contribution in [0.25, 0.3) is 11.0 Å². The molecule has 0 saturated carbocycles. The molecule has 0 N–H and O–H groups in total. The zero-order valence-corrected chi connectivity index (χ0v) is 15.5. The van der Waals surface area contributed by atoms with E-state index in [4.69, 9.17) is 4.42 Å². The van der Waals surface area contributed by atoms with E-state index >= 15 is 0 Å². The molecule has 0 atom stereocenters. The van der Waals surface area contributed by atoms with Crippen molar-refractivity contribution in [2.45, 2.75) is 20.8 Å². The van der Waals surface area contributed by atoms with Crippen LogP contribution in [-0.2, 0) is 0 Å². The summed E-state index contributed by atoms with van der Waals surface area (Å²) in [6.07, 6.45) is 0. The molecule has 0 fully saturated rings. The number of para-hydroxylation sites is 1. The van der Waals surface area contributed by atoms with Crippen LogP contribution >= 0.6 is 0 Å². The fourth-order valence-corrected chi connectivity index (χ4v) is 3.60. The van der Waals surface area contributed by atoms with Gasteiger partial charge in [0.15, 0.2) is 5.69 Å². The highest BCUT2D eigenvalue weighted by molar-refractivity contribution is 6.00. The van der Waals surface area contributed by atoms with E-state index in [1.54, 1.807) is 0 Å². The van der Waals surface area contributed by atoms with Crippen LogP contribution in [0.15, 0.2) is 75.3 Å². The molecule has 1 aliphatic heterocycles. The average Bonchev–Trinajstić information content (AvgIpc) is 2.92. The largest absolute Gasteiger partial charge is 0.437 e. The fraction of sp³-hybridized carbons (Fsp3) is 0.130. The summed E-state index contributed by atoms with van der Waals surface area (Å²) in [6, 6.07) is 20.7. The third kappa shape index (κ3) is 2.45. The third-order valence-corrected chi connectivity index (χ3v) is 4.99. The minimum atomic E-state index is 0.705. The Kier molecular flexibility index (Phi) is 3.41. The lowest BCUT2D eigenvalue weighted by Gasteiger charge is -2.24. The van der Waals surface area contributed by atoms with Crippen molar-refractivity contribution < 1.29 is 4.42 Å². The molecule has 0 saturated heterocycles. The van der Waals surface area contributed by atoms with Gasteiger partial charge >= 0.3 is 0 Å². The summed E-state index contributed by atoms with van der Waals surface area (Å²) >= 11 is 0. The molecule has 0 aliphatic carbocycles. The first-order valence-electron chi connectivity index (χ1n) is 9.03. The first-order valence-corrected chi connectivity index (χ1v) is 9.03. The van der Waals surface area contributed by atoms with Gasteiger partial charge < -0.3 is 4.42 Å². The van der Waals surface area contributed by atoms with Crippen LogP contribution in [0.5, 0.6) is 0 Å². The predicted octanol–water partition coefficient (Wildman–Crippen LogP) is 7.56. The van der Waals surface area contributed by atoms with E-state index in [2.05, 4.69) is 78.4 Å². The number of anilines is 3. The molecule has 1 aliphatic rings. The Morgan fingerprint density at radius 2 is 1.56 bits per heavy atom. The summed E-state index contributed by atoms with van der Waals surface area (Å²) in [4.78, 5) is 2.13. The minimum Gasteiger partial charge on any atom is -0.437 e. The molecule has 4 aromatic rings. The summed E-state index contributed by atoms with van der Waals surface area (Å²) in [5.74, 6) is 0.705. The Balaban J connectivity index is 1.88. The van der Waals surface area contributed by atoms with Crippen LogP contribution < -0.4 is 4.90 Å². The summed E-state index contributed by atoms with van der Waals surface area (Å²) in [5, 5.41) is 10.1. The Bertz CT molecular complexity index is 1220. The lowest BCUT2D eigenvalue weighted by molar-refractivity contribution is 0.621. The second-order valence-corrected chi connectivity index (χ2v) is 7.07. The van der Waals surface area contributed by atoms with Gasteiger partial charge in [-0.25, -0.2) is 0 Å². The summed E-state index contributed by atoms with van der Waals surface area (Å²) in [7, 11) is 0. The number of azo groups is 1. The summed E-state index contributed by atoms with van der Waals surface area (Å²) in [6.45, 7) is 6.24. The number of hydrogen-bond donors (Lipinski definition) is 0. The first kappa shape index (κ1) is 15.8. The maximum Gasteiger partial charge on any atom is 0.233 e. The molecule has 0 bridgehead atoms. The highest BCUT2D eigenvalue weighted by Gasteiger charge is 2.28. The van der Waals surface area contributed by atoms with E-state index < -0.39 is 0 Å². The van der Waals surface area contributed by atoms with Crippen molar-refractivity contribution >= 4 is 39.6 Å². The number of aryl methyl sites for hydroxylation is 3. The van der Waals surface area contributed by atoms with Crippen LogP contribution in [0.1, 0.15) is 16.7 Å². The molecular weight excluding hydrogens is 334 g/mol. The van der Waals surface area contributed by atoms with E-state index in [0.29, 0.717) is 5.88 Å². The van der Waals surface area contributed by atoms with Crippen molar-refractivity contribution in [1.82, 2.24) is 0 Å². The van der Waals surface area contributed by atoms with Gasteiger partial charge in [0.1, 0.15) is 11.3 Å². The number of nitrogens with zero attached hydrogens (tertiary/aromatic N) is 3. The second kappa shape index (κ2) is 5.81. The maximum atomic E-state index is 6.31. The van der Waals surface area contributed by atoms with Gasteiger partial charge in [0.05, 0.1) is 16.8 Å². The first-order chi connectivity index (χ1) is 13.1. The van der Waals surface area contributed by atoms with Crippen molar-refractivity contribution in [1.29, 1.82) is 0 Å². The van der Waals surface area contributed by atoms with Gasteiger partial charge in [-0.2, -0.15) is 0 Å². The van der Waals surface area contributed by atoms with E-state index in [0.717, 1.165) is 44.8 Å². The minimum absolute atomic E-state index is 0.705. The van der Waals surface area contributed by atoms with Crippen molar-refractivity contribution in [2.75, 3.05) is 4.90 Å². The zero-order valence-electron chi connectivity index (χ0n) is 15.5. The average molecular weight is 353 g/mol. The van der Waals surface area contributed by atoms with Crippen LogP contribution in [0.2, 0.25) is 0 Å². The summed E-state index contributed by atoms with van der Waals surface area (Å²) < 4.78 is 6.31. The predicted molar refractivity (Wildman–Crippen MR) is 109 cm³/mol. The Labute approximate surface area is 157 Å². The van der Waals surface area contributed by atoms with E-state index in [1.165, 1.54) is 5.56 Å². The van der Waals surface area contributed by atoms with Crippen LogP contribution in [0, 0.1) is 20.8 Å². The van der Waals surface area contributed by atoms with Crippen LogP contribution in [-0.4, -0.2) is 0 Å². The van der Waals surface area contributed by atoms with E-state index in [-0.39, 0.29) is 0 Å². The molecule has 4 heteroatoms. The Morgan fingerprint density at radius 3 is 2.41 bits per heavy atom. The molecule has 132 valence electrons. The summed E-state index contributed by atoms with van der Waals surface area (Å²) in [5.41, 5.74) is 7.93. The molecule has 0 amide bonds. The number of rotatable bonds is 1. The number of hydrogen-bond acceptors (Lipinski definition) is 4. The van der Waals surface area contributed by atoms with Crippen molar-refractivity contribution in [3.63, 3.8) is 0 Å². The SMILES string of the molecule is Cc1ccc2c(c1)N=Nc1c(oc3ccc(C)cc13)N2c1ccccc1C. The molecule has 0 radical (unpaired) electrons. The van der Waals surface area contributed by atoms with Crippen LogP contribution in [0.3, 0.4) is 0 Å². The Morgan fingerprint density at radius 1 is 0.778 bits per heavy atom. The standard InChI is InChI=1S/C23H19N3O/c1-14-9-11-21-17(12-14)22-23(27-21)26(19-7-5-4-6-16(19)3)20-10-8-15(2)13-18(20)24-25-22/h4-13H,1-3H3. The molecule has 2 heterocycles.